The summed E-state index contributed by atoms with van der Waals surface area (Å²) < 4.78 is 0. The molecule has 0 fully saturated rings. The van der Waals surface area contributed by atoms with Gasteiger partial charge in [0.2, 0.25) is 0 Å². The van der Waals surface area contributed by atoms with E-state index in [2.05, 4.69) is 24.0 Å². The summed E-state index contributed by atoms with van der Waals surface area (Å²) in [6, 6.07) is 21.6. The molecule has 2 N–H and O–H groups in total. The highest BCUT2D eigenvalue weighted by atomic mass is 16.1. The minimum absolute atomic E-state index is 0.0594. The molecule has 3 heteroatoms. The average Bonchev–Trinajstić information content (AvgIpc) is 2.62. The van der Waals surface area contributed by atoms with Crippen LogP contribution in [-0.4, -0.2) is 10.9 Å². The first-order chi connectivity index (χ1) is 11.2. The van der Waals surface area contributed by atoms with Crippen molar-refractivity contribution >= 4 is 5.91 Å². The van der Waals surface area contributed by atoms with Crippen molar-refractivity contribution in [2.24, 2.45) is 5.73 Å². The van der Waals surface area contributed by atoms with E-state index in [-0.39, 0.29) is 5.92 Å². The summed E-state index contributed by atoms with van der Waals surface area (Å²) in [6.07, 6.45) is 1.74. The Hall–Kier alpha value is -2.94. The lowest BCUT2D eigenvalue weighted by molar-refractivity contribution is 0.0999. The fourth-order valence-corrected chi connectivity index (χ4v) is 2.83. The van der Waals surface area contributed by atoms with Gasteiger partial charge in [0.05, 0.1) is 11.3 Å². The highest BCUT2D eigenvalue weighted by molar-refractivity contribution is 6.00. The second-order valence-corrected chi connectivity index (χ2v) is 5.49. The molecule has 1 amide bonds. The SMILES string of the molecule is CC(c1ccccc1)c1ccnc(-c2ccccc2)c1C(N)=O. The van der Waals surface area contributed by atoms with Crippen LogP contribution in [0.25, 0.3) is 11.3 Å². The van der Waals surface area contributed by atoms with Crippen LogP contribution in [0.2, 0.25) is 0 Å². The van der Waals surface area contributed by atoms with Gasteiger partial charge in [0, 0.05) is 17.7 Å². The van der Waals surface area contributed by atoms with Crippen LogP contribution in [-0.2, 0) is 0 Å². The van der Waals surface area contributed by atoms with E-state index >= 15 is 0 Å². The Morgan fingerprint density at radius 2 is 1.57 bits per heavy atom. The molecule has 114 valence electrons. The van der Waals surface area contributed by atoms with Crippen molar-refractivity contribution < 1.29 is 4.79 Å². The first-order valence-corrected chi connectivity index (χ1v) is 7.57. The predicted octanol–water partition coefficient (Wildman–Crippen LogP) is 4.00. The number of hydrogen-bond donors (Lipinski definition) is 1. The van der Waals surface area contributed by atoms with Crippen LogP contribution in [0, 0.1) is 0 Å². The molecular formula is C20H18N2O. The van der Waals surface area contributed by atoms with Crippen molar-refractivity contribution in [3.63, 3.8) is 0 Å². The van der Waals surface area contributed by atoms with Gasteiger partial charge in [0.15, 0.2) is 0 Å². The number of aromatic nitrogens is 1. The van der Waals surface area contributed by atoms with Crippen LogP contribution >= 0.6 is 0 Å². The molecule has 1 atom stereocenters. The van der Waals surface area contributed by atoms with E-state index in [1.807, 2.05) is 54.6 Å². The predicted molar refractivity (Wildman–Crippen MR) is 92.1 cm³/mol. The fourth-order valence-electron chi connectivity index (χ4n) is 2.83. The Balaban J connectivity index is 2.17. The first-order valence-electron chi connectivity index (χ1n) is 7.57. The van der Waals surface area contributed by atoms with Gasteiger partial charge in [0.25, 0.3) is 5.91 Å². The van der Waals surface area contributed by atoms with Crippen molar-refractivity contribution in [1.29, 1.82) is 0 Å². The molecule has 0 spiro atoms. The van der Waals surface area contributed by atoms with E-state index in [1.54, 1.807) is 6.20 Å². The summed E-state index contributed by atoms with van der Waals surface area (Å²) in [5, 5.41) is 0. The van der Waals surface area contributed by atoms with Crippen molar-refractivity contribution in [3.05, 3.63) is 89.6 Å². The summed E-state index contributed by atoms with van der Waals surface area (Å²) in [7, 11) is 0. The number of primary amides is 1. The van der Waals surface area contributed by atoms with Gasteiger partial charge in [-0.1, -0.05) is 67.6 Å². The maximum absolute atomic E-state index is 12.1. The molecule has 1 heterocycles. The zero-order chi connectivity index (χ0) is 16.2. The Labute approximate surface area is 135 Å². The van der Waals surface area contributed by atoms with E-state index in [4.69, 9.17) is 5.73 Å². The molecule has 0 aliphatic rings. The molecule has 0 bridgehead atoms. The van der Waals surface area contributed by atoms with Crippen molar-refractivity contribution in [1.82, 2.24) is 4.98 Å². The molecule has 1 aromatic heterocycles. The van der Waals surface area contributed by atoms with E-state index in [0.29, 0.717) is 11.3 Å². The molecule has 0 radical (unpaired) electrons. The number of carbonyl (C=O) groups is 1. The molecule has 3 aromatic rings. The number of benzene rings is 2. The van der Waals surface area contributed by atoms with E-state index < -0.39 is 5.91 Å². The number of nitrogens with zero attached hydrogens (tertiary/aromatic N) is 1. The number of nitrogens with two attached hydrogens (primary N) is 1. The molecule has 23 heavy (non-hydrogen) atoms. The molecule has 0 aliphatic heterocycles. The van der Waals surface area contributed by atoms with Gasteiger partial charge in [-0.3, -0.25) is 9.78 Å². The molecule has 0 saturated heterocycles. The van der Waals surface area contributed by atoms with Gasteiger partial charge in [-0.15, -0.1) is 0 Å². The Bertz CT molecular complexity index is 814. The van der Waals surface area contributed by atoms with Gasteiger partial charge >= 0.3 is 0 Å². The summed E-state index contributed by atoms with van der Waals surface area (Å²) in [5.74, 6) is -0.390. The monoisotopic (exact) mass is 302 g/mol. The molecular weight excluding hydrogens is 284 g/mol. The lowest BCUT2D eigenvalue weighted by Crippen LogP contribution is -2.17. The van der Waals surface area contributed by atoms with Gasteiger partial charge in [-0.25, -0.2) is 0 Å². The van der Waals surface area contributed by atoms with Gasteiger partial charge in [0.1, 0.15) is 0 Å². The Morgan fingerprint density at radius 1 is 0.957 bits per heavy atom. The average molecular weight is 302 g/mol. The molecule has 0 aliphatic carbocycles. The lowest BCUT2D eigenvalue weighted by Gasteiger charge is -2.17. The number of amides is 1. The highest BCUT2D eigenvalue weighted by Gasteiger charge is 2.20. The molecule has 3 rings (SSSR count). The molecule has 3 nitrogen and oxygen atoms in total. The van der Waals surface area contributed by atoms with Crippen LogP contribution in [0.4, 0.5) is 0 Å². The first kappa shape index (κ1) is 15.0. The van der Waals surface area contributed by atoms with Crippen molar-refractivity contribution in [3.8, 4) is 11.3 Å². The molecule has 0 saturated carbocycles. The van der Waals surface area contributed by atoms with Crippen molar-refractivity contribution in [2.75, 3.05) is 0 Å². The maximum Gasteiger partial charge on any atom is 0.251 e. The Morgan fingerprint density at radius 3 is 2.17 bits per heavy atom. The summed E-state index contributed by atoms with van der Waals surface area (Å²) in [6.45, 7) is 2.08. The summed E-state index contributed by atoms with van der Waals surface area (Å²) in [5.41, 5.74) is 9.75. The molecule has 1 unspecified atom stereocenters. The second kappa shape index (κ2) is 6.44. The summed E-state index contributed by atoms with van der Waals surface area (Å²) in [4.78, 5) is 16.5. The van der Waals surface area contributed by atoms with Gasteiger partial charge in [-0.05, 0) is 17.2 Å². The van der Waals surface area contributed by atoms with Crippen LogP contribution < -0.4 is 5.73 Å². The van der Waals surface area contributed by atoms with E-state index in [0.717, 1.165) is 16.7 Å². The minimum Gasteiger partial charge on any atom is -0.366 e. The van der Waals surface area contributed by atoms with Crippen molar-refractivity contribution in [2.45, 2.75) is 12.8 Å². The van der Waals surface area contributed by atoms with Gasteiger partial charge in [-0.2, -0.15) is 0 Å². The second-order valence-electron chi connectivity index (χ2n) is 5.49. The highest BCUT2D eigenvalue weighted by Crippen LogP contribution is 2.31. The third-order valence-electron chi connectivity index (χ3n) is 4.04. The third kappa shape index (κ3) is 2.99. The van der Waals surface area contributed by atoms with Gasteiger partial charge < -0.3 is 5.73 Å². The number of pyridine rings is 1. The number of carbonyl (C=O) groups excluding carboxylic acids is 1. The Kier molecular flexibility index (Phi) is 4.20. The summed E-state index contributed by atoms with van der Waals surface area (Å²) >= 11 is 0. The largest absolute Gasteiger partial charge is 0.366 e. The normalized spacial score (nSPS) is 11.9. The number of hydrogen-bond acceptors (Lipinski definition) is 2. The smallest absolute Gasteiger partial charge is 0.251 e. The zero-order valence-electron chi connectivity index (χ0n) is 12.9. The quantitative estimate of drug-likeness (QED) is 0.792. The van der Waals surface area contributed by atoms with Crippen LogP contribution in [0.5, 0.6) is 0 Å². The van der Waals surface area contributed by atoms with E-state index in [1.165, 1.54) is 0 Å². The number of rotatable bonds is 4. The molecule has 2 aromatic carbocycles. The lowest BCUT2D eigenvalue weighted by atomic mass is 9.88. The minimum atomic E-state index is -0.449. The topological polar surface area (TPSA) is 56.0 Å². The van der Waals surface area contributed by atoms with E-state index in [9.17, 15) is 4.79 Å². The zero-order valence-corrected chi connectivity index (χ0v) is 12.9. The van der Waals surface area contributed by atoms with Crippen LogP contribution in [0.3, 0.4) is 0 Å². The fraction of sp³-hybridized carbons (Fsp3) is 0.100. The maximum atomic E-state index is 12.1. The standard InChI is InChI=1S/C20H18N2O/c1-14(15-8-4-2-5-9-15)17-12-13-22-19(18(17)20(21)23)16-10-6-3-7-11-16/h2-14H,1H3,(H2,21,23). The van der Waals surface area contributed by atoms with Crippen LogP contribution in [0.1, 0.15) is 34.3 Å². The van der Waals surface area contributed by atoms with Crippen LogP contribution in [0.15, 0.2) is 72.9 Å². The third-order valence-corrected chi connectivity index (χ3v) is 4.04.